The summed E-state index contributed by atoms with van der Waals surface area (Å²) in [6.07, 6.45) is 4.31. The maximum absolute atomic E-state index is 13.3. The Morgan fingerprint density at radius 2 is 1.85 bits per heavy atom. The van der Waals surface area contributed by atoms with Crippen molar-refractivity contribution in [3.05, 3.63) is 99.4 Å². The number of halogens is 1. The third-order valence-electron chi connectivity index (χ3n) is 5.44. The van der Waals surface area contributed by atoms with Crippen molar-refractivity contribution in [2.75, 3.05) is 6.54 Å². The van der Waals surface area contributed by atoms with Crippen LogP contribution in [0.3, 0.4) is 0 Å². The number of aromatic nitrogens is 2. The molecule has 168 valence electrons. The lowest BCUT2D eigenvalue weighted by Crippen LogP contribution is -2.31. The summed E-state index contributed by atoms with van der Waals surface area (Å²) in [4.78, 5) is 44.8. The molecule has 1 atom stereocenters. The predicted octanol–water partition coefficient (Wildman–Crippen LogP) is 3.51. The number of nitro groups is 1. The van der Waals surface area contributed by atoms with Crippen LogP contribution in [0.1, 0.15) is 29.4 Å². The van der Waals surface area contributed by atoms with Crippen LogP contribution in [0.5, 0.6) is 0 Å². The molecule has 0 spiro atoms. The molecule has 1 amide bonds. The van der Waals surface area contributed by atoms with E-state index in [4.69, 9.17) is 0 Å². The monoisotopic (exact) mass is 450 g/mol. The number of nitro benzene ring substituents is 1. The third kappa shape index (κ3) is 4.36. The van der Waals surface area contributed by atoms with Crippen LogP contribution in [0.25, 0.3) is 5.76 Å². The minimum Gasteiger partial charge on any atom is -0.507 e. The van der Waals surface area contributed by atoms with E-state index in [1.54, 1.807) is 12.4 Å². The Morgan fingerprint density at radius 1 is 1.15 bits per heavy atom. The van der Waals surface area contributed by atoms with Gasteiger partial charge in [-0.3, -0.25) is 19.7 Å². The molecule has 1 unspecified atom stereocenters. The van der Waals surface area contributed by atoms with E-state index in [1.165, 1.54) is 41.3 Å². The highest BCUT2D eigenvalue weighted by molar-refractivity contribution is 6.46. The number of nitrogens with zero attached hydrogens (tertiary/aromatic N) is 3. The highest BCUT2D eigenvalue weighted by Gasteiger charge is 2.45. The average Bonchev–Trinajstić information content (AvgIpc) is 3.41. The van der Waals surface area contributed by atoms with Crippen molar-refractivity contribution < 1.29 is 24.0 Å². The molecular formula is C23H19FN4O5. The molecule has 0 radical (unpaired) electrons. The van der Waals surface area contributed by atoms with Crippen LogP contribution in [0, 0.1) is 15.9 Å². The lowest BCUT2D eigenvalue weighted by Gasteiger charge is -2.25. The van der Waals surface area contributed by atoms with Gasteiger partial charge in [0, 0.05) is 43.1 Å². The molecule has 3 aromatic rings. The fourth-order valence-corrected chi connectivity index (χ4v) is 3.85. The number of likely N-dealkylation sites (tertiary alicyclic amines) is 1. The number of rotatable bonds is 7. The summed E-state index contributed by atoms with van der Waals surface area (Å²) < 4.78 is 13.3. The van der Waals surface area contributed by atoms with Gasteiger partial charge >= 0.3 is 0 Å². The van der Waals surface area contributed by atoms with Crippen LogP contribution in [0.2, 0.25) is 0 Å². The Labute approximate surface area is 187 Å². The molecule has 2 heterocycles. The Kier molecular flexibility index (Phi) is 5.99. The van der Waals surface area contributed by atoms with Crippen LogP contribution in [0.15, 0.2) is 66.5 Å². The molecule has 33 heavy (non-hydrogen) atoms. The first-order valence-corrected chi connectivity index (χ1v) is 10.1. The molecular weight excluding hydrogens is 431 g/mol. The van der Waals surface area contributed by atoms with E-state index < -0.39 is 34.2 Å². The second kappa shape index (κ2) is 9.03. The average molecular weight is 450 g/mol. The molecule has 2 N–H and O–H groups in total. The molecule has 0 bridgehead atoms. The maximum Gasteiger partial charge on any atom is 0.295 e. The number of ketones is 1. The number of aryl methyl sites for hydroxylation is 1. The Hall–Kier alpha value is -4.34. The van der Waals surface area contributed by atoms with Gasteiger partial charge in [-0.2, -0.15) is 0 Å². The minimum absolute atomic E-state index is 0.146. The normalized spacial score (nSPS) is 17.5. The van der Waals surface area contributed by atoms with E-state index in [1.807, 2.05) is 0 Å². The molecule has 10 heteroatoms. The number of non-ortho nitro benzene ring substituents is 1. The Bertz CT molecular complexity index is 1220. The molecule has 2 aromatic carbocycles. The highest BCUT2D eigenvalue weighted by atomic mass is 19.1. The molecule has 1 aliphatic rings. The van der Waals surface area contributed by atoms with E-state index in [9.17, 15) is 29.2 Å². The fraction of sp³-hybridized carbons (Fsp3) is 0.174. The lowest BCUT2D eigenvalue weighted by atomic mass is 9.95. The summed E-state index contributed by atoms with van der Waals surface area (Å²) >= 11 is 0. The van der Waals surface area contributed by atoms with Crippen molar-refractivity contribution in [3.8, 4) is 0 Å². The van der Waals surface area contributed by atoms with Crippen molar-refractivity contribution in [2.24, 2.45) is 0 Å². The number of H-pyrrole nitrogens is 1. The number of benzene rings is 2. The first-order valence-electron chi connectivity index (χ1n) is 10.1. The van der Waals surface area contributed by atoms with Gasteiger partial charge in [-0.05, 0) is 48.4 Å². The predicted molar refractivity (Wildman–Crippen MR) is 115 cm³/mol. The summed E-state index contributed by atoms with van der Waals surface area (Å²) in [5.74, 6) is -1.90. The highest BCUT2D eigenvalue weighted by Crippen LogP contribution is 2.40. The van der Waals surface area contributed by atoms with Crippen LogP contribution in [0.4, 0.5) is 10.1 Å². The number of aliphatic hydroxyl groups is 1. The topological polar surface area (TPSA) is 129 Å². The largest absolute Gasteiger partial charge is 0.507 e. The molecule has 1 aromatic heterocycles. The van der Waals surface area contributed by atoms with E-state index in [-0.39, 0.29) is 23.4 Å². The van der Waals surface area contributed by atoms with Crippen LogP contribution in [-0.4, -0.2) is 43.1 Å². The zero-order valence-electron chi connectivity index (χ0n) is 17.3. The van der Waals surface area contributed by atoms with Gasteiger partial charge in [0.1, 0.15) is 17.4 Å². The van der Waals surface area contributed by atoms with Crippen molar-refractivity contribution in [1.29, 1.82) is 0 Å². The molecule has 4 rings (SSSR count). The number of nitrogens with one attached hydrogen (secondary N) is 1. The summed E-state index contributed by atoms with van der Waals surface area (Å²) in [6.45, 7) is 0.188. The Morgan fingerprint density at radius 3 is 2.45 bits per heavy atom. The fourth-order valence-electron chi connectivity index (χ4n) is 3.85. The first-order chi connectivity index (χ1) is 15.9. The van der Waals surface area contributed by atoms with E-state index in [0.29, 0.717) is 18.4 Å². The summed E-state index contributed by atoms with van der Waals surface area (Å²) in [7, 11) is 0. The number of hydrogen-bond donors (Lipinski definition) is 2. The zero-order chi connectivity index (χ0) is 23.5. The smallest absolute Gasteiger partial charge is 0.295 e. The van der Waals surface area contributed by atoms with Crippen molar-refractivity contribution >= 4 is 23.1 Å². The van der Waals surface area contributed by atoms with Crippen molar-refractivity contribution in [2.45, 2.75) is 18.9 Å². The van der Waals surface area contributed by atoms with Crippen LogP contribution in [-0.2, 0) is 16.0 Å². The van der Waals surface area contributed by atoms with Gasteiger partial charge in [-0.1, -0.05) is 0 Å². The molecule has 9 nitrogen and oxygen atoms in total. The van der Waals surface area contributed by atoms with Gasteiger partial charge in [0.2, 0.25) is 0 Å². The van der Waals surface area contributed by atoms with Crippen LogP contribution < -0.4 is 0 Å². The molecule has 0 aliphatic carbocycles. The first kappa shape index (κ1) is 21.9. The third-order valence-corrected chi connectivity index (χ3v) is 5.44. The Balaban J connectivity index is 1.74. The second-order valence-electron chi connectivity index (χ2n) is 7.49. The number of aliphatic hydroxyl groups excluding tert-OH is 1. The van der Waals surface area contributed by atoms with Gasteiger partial charge in [0.15, 0.2) is 0 Å². The quantitative estimate of drug-likeness (QED) is 0.186. The SMILES string of the molecule is O=C1C(=O)N(CCCc2ncc[nH]2)C(c2ccc([N+](=O)[O-])cc2)/C1=C(\O)c1ccc(F)cc1. The van der Waals surface area contributed by atoms with Crippen LogP contribution >= 0.6 is 0 Å². The van der Waals surface area contributed by atoms with Gasteiger partial charge in [0.25, 0.3) is 17.4 Å². The number of amides is 1. The number of aromatic amines is 1. The van der Waals surface area contributed by atoms with E-state index in [0.717, 1.165) is 18.0 Å². The van der Waals surface area contributed by atoms with Crippen molar-refractivity contribution in [1.82, 2.24) is 14.9 Å². The van der Waals surface area contributed by atoms with E-state index >= 15 is 0 Å². The van der Waals surface area contributed by atoms with E-state index in [2.05, 4.69) is 9.97 Å². The molecule has 1 fully saturated rings. The number of hydrogen-bond acceptors (Lipinski definition) is 6. The van der Waals surface area contributed by atoms with Gasteiger partial charge in [-0.15, -0.1) is 0 Å². The van der Waals surface area contributed by atoms with Gasteiger partial charge in [0.05, 0.1) is 16.5 Å². The number of carbonyl (C=O) groups excluding carboxylic acids is 2. The summed E-state index contributed by atoms with van der Waals surface area (Å²) in [5, 5.41) is 21.9. The number of imidazole rings is 1. The number of carbonyl (C=O) groups is 2. The van der Waals surface area contributed by atoms with Crippen molar-refractivity contribution in [3.63, 3.8) is 0 Å². The number of Topliss-reactive ketones (excluding diaryl/α,β-unsaturated/α-hetero) is 1. The standard InChI is InChI=1S/C23H19FN4O5/c24-16-7-3-15(4-8-16)21(29)19-20(14-5-9-17(10-6-14)28(32)33)27(23(31)22(19)30)13-1-2-18-25-11-12-26-18/h3-12,20,29H,1-2,13H2,(H,25,26)/b21-19+. The van der Waals surface area contributed by atoms with Gasteiger partial charge in [-0.25, -0.2) is 9.37 Å². The summed E-state index contributed by atoms with van der Waals surface area (Å²) in [5.41, 5.74) is 0.309. The molecule has 0 saturated carbocycles. The lowest BCUT2D eigenvalue weighted by molar-refractivity contribution is -0.384. The second-order valence-corrected chi connectivity index (χ2v) is 7.49. The minimum atomic E-state index is -0.951. The molecule has 1 saturated heterocycles. The maximum atomic E-state index is 13.3. The molecule has 1 aliphatic heterocycles. The van der Waals surface area contributed by atoms with Gasteiger partial charge < -0.3 is 15.0 Å². The summed E-state index contributed by atoms with van der Waals surface area (Å²) in [6, 6.07) is 9.38. The zero-order valence-corrected chi connectivity index (χ0v) is 17.3.